The molecule has 2 amide bonds. The Morgan fingerprint density at radius 3 is 2.00 bits per heavy atom. The average molecular weight is 484 g/mol. The topological polar surface area (TPSA) is 85.3 Å². The number of urea groups is 1. The third-order valence-electron chi connectivity index (χ3n) is 7.11. The first kappa shape index (κ1) is 23.9. The molecule has 0 saturated carbocycles. The number of carbonyl (C=O) groups is 1. The van der Waals surface area contributed by atoms with Crippen LogP contribution in [0.4, 0.5) is 4.79 Å². The van der Waals surface area contributed by atoms with Crippen molar-refractivity contribution in [1.29, 1.82) is 0 Å². The van der Waals surface area contributed by atoms with E-state index in [1.165, 1.54) is 0 Å². The molecule has 1 aromatic heterocycles. The highest BCUT2D eigenvalue weighted by molar-refractivity contribution is 5.77. The third-order valence-corrected chi connectivity index (χ3v) is 7.11. The third kappa shape index (κ3) is 4.79. The van der Waals surface area contributed by atoms with Crippen LogP contribution in [0.1, 0.15) is 42.5 Å². The van der Waals surface area contributed by atoms with Gasteiger partial charge in [0.2, 0.25) is 0 Å². The van der Waals surface area contributed by atoms with Crippen LogP contribution in [-0.4, -0.2) is 39.7 Å². The van der Waals surface area contributed by atoms with E-state index in [0.717, 1.165) is 41.4 Å². The lowest BCUT2D eigenvalue weighted by molar-refractivity contribution is 0.169. The number of imidazole rings is 1. The first-order valence-electron chi connectivity index (χ1n) is 12.7. The molecule has 0 unspecified atom stereocenters. The van der Waals surface area contributed by atoms with Gasteiger partial charge in [-0.1, -0.05) is 72.8 Å². The standard InChI is InChI=1S/C29H33N5O2/c30-18-9-19-33-25-14-7-8-15-26(25)34(29(33)36)24-16-20-32(21-17-24)28(35)31-27(22-10-3-1-4-11-22)23-12-5-2-6-13-23/h1-8,10-15,24,27H,9,16-21,30H2,(H,31,35). The summed E-state index contributed by atoms with van der Waals surface area (Å²) in [6.07, 6.45) is 2.23. The van der Waals surface area contributed by atoms with Crippen molar-refractivity contribution >= 4 is 17.1 Å². The van der Waals surface area contributed by atoms with Crippen molar-refractivity contribution < 1.29 is 4.79 Å². The molecule has 0 radical (unpaired) electrons. The van der Waals surface area contributed by atoms with Crippen molar-refractivity contribution in [2.75, 3.05) is 19.6 Å². The van der Waals surface area contributed by atoms with Gasteiger partial charge in [-0.3, -0.25) is 9.13 Å². The Kier molecular flexibility index (Phi) is 7.18. The van der Waals surface area contributed by atoms with Crippen LogP contribution in [0.25, 0.3) is 11.0 Å². The average Bonchev–Trinajstić information content (AvgIpc) is 3.22. The van der Waals surface area contributed by atoms with E-state index in [-0.39, 0.29) is 23.8 Å². The Morgan fingerprint density at radius 1 is 0.861 bits per heavy atom. The minimum Gasteiger partial charge on any atom is -0.330 e. The molecule has 1 fully saturated rings. The number of rotatable bonds is 7. The quantitative estimate of drug-likeness (QED) is 0.411. The summed E-state index contributed by atoms with van der Waals surface area (Å²) in [6, 6.07) is 27.8. The lowest BCUT2D eigenvalue weighted by Crippen LogP contribution is -2.46. The molecule has 0 bridgehead atoms. The predicted molar refractivity (Wildman–Crippen MR) is 143 cm³/mol. The second kappa shape index (κ2) is 10.8. The van der Waals surface area contributed by atoms with E-state index in [4.69, 9.17) is 5.73 Å². The number of benzene rings is 3. The number of nitrogens with two attached hydrogens (primary N) is 1. The number of para-hydroxylation sites is 2. The SMILES string of the molecule is NCCCn1c(=O)n(C2CCN(C(=O)NC(c3ccccc3)c3ccccc3)CC2)c2ccccc21. The molecule has 36 heavy (non-hydrogen) atoms. The molecule has 0 aliphatic carbocycles. The maximum absolute atomic E-state index is 13.4. The van der Waals surface area contributed by atoms with E-state index in [1.54, 1.807) is 0 Å². The largest absolute Gasteiger partial charge is 0.330 e. The molecule has 3 N–H and O–H groups in total. The van der Waals surface area contributed by atoms with E-state index < -0.39 is 0 Å². The van der Waals surface area contributed by atoms with E-state index in [0.29, 0.717) is 26.2 Å². The smallest absolute Gasteiger partial charge is 0.329 e. The first-order chi connectivity index (χ1) is 17.7. The number of hydrogen-bond donors (Lipinski definition) is 2. The molecule has 0 spiro atoms. The van der Waals surface area contributed by atoms with Crippen LogP contribution in [0.15, 0.2) is 89.7 Å². The molecule has 1 saturated heterocycles. The van der Waals surface area contributed by atoms with Crippen LogP contribution >= 0.6 is 0 Å². The number of nitrogens with zero attached hydrogens (tertiary/aromatic N) is 3. The number of carbonyl (C=O) groups excluding carboxylic acids is 1. The summed E-state index contributed by atoms with van der Waals surface area (Å²) in [5.41, 5.74) is 9.71. The van der Waals surface area contributed by atoms with Gasteiger partial charge in [-0.05, 0) is 49.1 Å². The lowest BCUT2D eigenvalue weighted by Gasteiger charge is -2.34. The van der Waals surface area contributed by atoms with Crippen molar-refractivity contribution in [3.63, 3.8) is 0 Å². The molecule has 1 aliphatic heterocycles. The molecule has 1 aliphatic rings. The van der Waals surface area contributed by atoms with Gasteiger partial charge in [0.15, 0.2) is 0 Å². The molecule has 4 aromatic rings. The van der Waals surface area contributed by atoms with Gasteiger partial charge in [0.1, 0.15) is 0 Å². The molecule has 0 atom stereocenters. The summed E-state index contributed by atoms with van der Waals surface area (Å²) in [7, 11) is 0. The number of fused-ring (bicyclic) bond motifs is 1. The molecular formula is C29H33N5O2. The minimum absolute atomic E-state index is 0.0146. The van der Waals surface area contributed by atoms with Crippen molar-refractivity contribution in [2.45, 2.75) is 37.9 Å². The zero-order valence-electron chi connectivity index (χ0n) is 20.4. The van der Waals surface area contributed by atoms with E-state index in [1.807, 2.05) is 99.0 Å². The molecule has 7 heteroatoms. The van der Waals surface area contributed by atoms with Gasteiger partial charge in [0, 0.05) is 25.7 Å². The number of aromatic nitrogens is 2. The maximum Gasteiger partial charge on any atom is 0.329 e. The second-order valence-electron chi connectivity index (χ2n) is 9.36. The van der Waals surface area contributed by atoms with Crippen LogP contribution < -0.4 is 16.7 Å². The second-order valence-corrected chi connectivity index (χ2v) is 9.36. The van der Waals surface area contributed by atoms with Gasteiger partial charge in [0.05, 0.1) is 17.1 Å². The van der Waals surface area contributed by atoms with Gasteiger partial charge >= 0.3 is 11.7 Å². The number of piperidine rings is 1. The Morgan fingerprint density at radius 2 is 1.42 bits per heavy atom. The van der Waals surface area contributed by atoms with Crippen LogP contribution in [0, 0.1) is 0 Å². The monoisotopic (exact) mass is 483 g/mol. The molecule has 3 aromatic carbocycles. The van der Waals surface area contributed by atoms with Crippen molar-refractivity contribution in [1.82, 2.24) is 19.4 Å². The normalized spacial score (nSPS) is 14.4. The summed E-state index contributed by atoms with van der Waals surface area (Å²) in [5.74, 6) is 0. The fourth-order valence-corrected chi connectivity index (χ4v) is 5.24. The first-order valence-corrected chi connectivity index (χ1v) is 12.7. The molecule has 2 heterocycles. The molecular weight excluding hydrogens is 450 g/mol. The van der Waals surface area contributed by atoms with Crippen molar-refractivity contribution in [3.05, 3.63) is 107 Å². The van der Waals surface area contributed by atoms with Gasteiger partial charge in [-0.25, -0.2) is 9.59 Å². The number of hydrogen-bond acceptors (Lipinski definition) is 3. The number of amides is 2. The highest BCUT2D eigenvalue weighted by atomic mass is 16.2. The highest BCUT2D eigenvalue weighted by Gasteiger charge is 2.28. The van der Waals surface area contributed by atoms with E-state index in [9.17, 15) is 9.59 Å². The van der Waals surface area contributed by atoms with Gasteiger partial charge in [-0.15, -0.1) is 0 Å². The van der Waals surface area contributed by atoms with Gasteiger partial charge in [-0.2, -0.15) is 0 Å². The van der Waals surface area contributed by atoms with Crippen molar-refractivity contribution in [3.8, 4) is 0 Å². The van der Waals surface area contributed by atoms with Crippen LogP contribution in [0.5, 0.6) is 0 Å². The molecule has 7 nitrogen and oxygen atoms in total. The summed E-state index contributed by atoms with van der Waals surface area (Å²) in [4.78, 5) is 28.6. The minimum atomic E-state index is -0.222. The molecule has 5 rings (SSSR count). The van der Waals surface area contributed by atoms with Crippen molar-refractivity contribution in [2.24, 2.45) is 5.73 Å². The maximum atomic E-state index is 13.4. The lowest BCUT2D eigenvalue weighted by atomic mass is 9.99. The van der Waals surface area contributed by atoms with Gasteiger partial charge in [0.25, 0.3) is 0 Å². The summed E-state index contributed by atoms with van der Waals surface area (Å²) in [5, 5.41) is 3.24. The summed E-state index contributed by atoms with van der Waals surface area (Å²) in [6.45, 7) is 2.36. The van der Waals surface area contributed by atoms with Crippen LogP contribution in [-0.2, 0) is 6.54 Å². The van der Waals surface area contributed by atoms with E-state index >= 15 is 0 Å². The summed E-state index contributed by atoms with van der Waals surface area (Å²) >= 11 is 0. The highest BCUT2D eigenvalue weighted by Crippen LogP contribution is 2.27. The Labute approximate surface area is 211 Å². The van der Waals surface area contributed by atoms with Gasteiger partial charge < -0.3 is 16.0 Å². The Balaban J connectivity index is 1.32. The predicted octanol–water partition coefficient (Wildman–Crippen LogP) is 4.29. The number of nitrogens with one attached hydrogen (secondary N) is 1. The zero-order chi connectivity index (χ0) is 24.9. The Hall–Kier alpha value is -3.84. The number of aryl methyl sites for hydroxylation is 1. The Bertz CT molecular complexity index is 1320. The fraction of sp³-hybridized carbons (Fsp3) is 0.310. The zero-order valence-corrected chi connectivity index (χ0v) is 20.4. The van der Waals surface area contributed by atoms with Crippen LogP contribution in [0.2, 0.25) is 0 Å². The van der Waals surface area contributed by atoms with Crippen LogP contribution in [0.3, 0.4) is 0 Å². The van der Waals surface area contributed by atoms with E-state index in [2.05, 4.69) is 5.32 Å². The number of likely N-dealkylation sites (tertiary alicyclic amines) is 1. The fourth-order valence-electron chi connectivity index (χ4n) is 5.24. The summed E-state index contributed by atoms with van der Waals surface area (Å²) < 4.78 is 3.77. The molecule has 186 valence electrons.